The fourth-order valence-electron chi connectivity index (χ4n) is 2.42. The van der Waals surface area contributed by atoms with Crippen molar-refractivity contribution in [1.29, 1.82) is 0 Å². The molecule has 2 aromatic carbocycles. The van der Waals surface area contributed by atoms with Crippen molar-refractivity contribution in [2.24, 2.45) is 0 Å². The van der Waals surface area contributed by atoms with Crippen LogP contribution in [0.3, 0.4) is 0 Å². The first-order valence-corrected chi connectivity index (χ1v) is 12.7. The van der Waals surface area contributed by atoms with Crippen molar-refractivity contribution in [1.82, 2.24) is 0 Å². The van der Waals surface area contributed by atoms with Crippen LogP contribution in [0.2, 0.25) is 0 Å². The summed E-state index contributed by atoms with van der Waals surface area (Å²) in [6.45, 7) is 2.03. The smallest absolute Gasteiger partial charge is 0.142 e. The number of rotatable bonds is 13. The van der Waals surface area contributed by atoms with Crippen molar-refractivity contribution in [2.75, 3.05) is 62.8 Å². The molecule has 2 rings (SSSR count). The van der Waals surface area contributed by atoms with E-state index in [1.165, 1.54) is 0 Å². The van der Waals surface area contributed by atoms with E-state index >= 15 is 0 Å². The maximum absolute atomic E-state index is 5.73. The highest BCUT2D eigenvalue weighted by Gasteiger charge is 2.08. The molecule has 0 fully saturated rings. The molecule has 0 saturated heterocycles. The first-order chi connectivity index (χ1) is 15.6. The maximum atomic E-state index is 5.73. The van der Waals surface area contributed by atoms with Gasteiger partial charge in [-0.05, 0) is 24.3 Å². The minimum Gasteiger partial charge on any atom is -0.489 e. The average Bonchev–Trinajstić information content (AvgIpc) is 2.79. The minimum absolute atomic E-state index is 0.483. The number of hydrogen-bond acceptors (Lipinski definition) is 8. The quantitative estimate of drug-likeness (QED) is 0.273. The lowest BCUT2D eigenvalue weighted by Crippen LogP contribution is -2.11. The maximum Gasteiger partial charge on any atom is 0.142 e. The van der Waals surface area contributed by atoms with Gasteiger partial charge in [0.1, 0.15) is 33.4 Å². The van der Waals surface area contributed by atoms with E-state index in [0.717, 1.165) is 34.4 Å². The van der Waals surface area contributed by atoms with Gasteiger partial charge in [0.25, 0.3) is 0 Å². The normalized spacial score (nSPS) is 10.4. The molecule has 2 aromatic rings. The van der Waals surface area contributed by atoms with Crippen LogP contribution in [0.5, 0.6) is 11.5 Å². The highest BCUT2D eigenvalue weighted by molar-refractivity contribution is 8.26. The van der Waals surface area contributed by atoms with Gasteiger partial charge >= 0.3 is 0 Å². The molecule has 0 aliphatic heterocycles. The van der Waals surface area contributed by atoms with Gasteiger partial charge < -0.3 is 29.6 Å². The first-order valence-electron chi connectivity index (χ1n) is 9.93. The van der Waals surface area contributed by atoms with Gasteiger partial charge in [-0.1, -0.05) is 72.2 Å². The SMILES string of the molecule is COCCOc1ccccc1NC(=S)SCCSC(=S)Nc1ccccc1OCCOC. The summed E-state index contributed by atoms with van der Waals surface area (Å²) >= 11 is 14.1. The van der Waals surface area contributed by atoms with E-state index in [1.54, 1.807) is 37.7 Å². The summed E-state index contributed by atoms with van der Waals surface area (Å²) in [5, 5.41) is 6.48. The summed E-state index contributed by atoms with van der Waals surface area (Å²) in [5.41, 5.74) is 1.69. The average molecular weight is 513 g/mol. The molecule has 0 saturated carbocycles. The zero-order chi connectivity index (χ0) is 23.0. The third kappa shape index (κ3) is 10.4. The molecular weight excluding hydrogens is 485 g/mol. The molecule has 10 heteroatoms. The van der Waals surface area contributed by atoms with Gasteiger partial charge in [-0.25, -0.2) is 0 Å². The summed E-state index contributed by atoms with van der Waals surface area (Å²) in [6, 6.07) is 15.4. The second kappa shape index (κ2) is 16.1. The predicted molar refractivity (Wildman–Crippen MR) is 145 cm³/mol. The third-order valence-corrected chi connectivity index (χ3v) is 6.60. The standard InChI is InChI=1S/C22H28N2O4S4/c1-25-11-13-27-19-9-5-3-7-17(19)23-21(29)31-15-16-32-22(30)24-18-8-4-6-10-20(18)28-14-12-26-2/h3-10H,11-16H2,1-2H3,(H,23,29)(H,24,30). The van der Waals surface area contributed by atoms with Crippen molar-refractivity contribution < 1.29 is 18.9 Å². The van der Waals surface area contributed by atoms with E-state index in [4.69, 9.17) is 43.4 Å². The van der Waals surface area contributed by atoms with Crippen LogP contribution in [-0.4, -0.2) is 60.8 Å². The van der Waals surface area contributed by atoms with Gasteiger partial charge in [-0.2, -0.15) is 0 Å². The van der Waals surface area contributed by atoms with Crippen molar-refractivity contribution in [3.8, 4) is 11.5 Å². The topological polar surface area (TPSA) is 61.0 Å². The molecule has 0 atom stereocenters. The van der Waals surface area contributed by atoms with Crippen molar-refractivity contribution in [2.45, 2.75) is 0 Å². The largest absolute Gasteiger partial charge is 0.489 e. The Morgan fingerprint density at radius 2 is 1.09 bits per heavy atom. The second-order valence-corrected chi connectivity index (χ2v) is 9.74. The summed E-state index contributed by atoms with van der Waals surface area (Å²) < 4.78 is 22.9. The number of para-hydroxylation sites is 4. The van der Waals surface area contributed by atoms with Gasteiger partial charge in [0, 0.05) is 25.7 Å². The molecule has 0 heterocycles. The minimum atomic E-state index is 0.483. The van der Waals surface area contributed by atoms with Crippen molar-refractivity contribution in [3.05, 3.63) is 48.5 Å². The summed E-state index contributed by atoms with van der Waals surface area (Å²) in [5.74, 6) is 3.13. The van der Waals surface area contributed by atoms with Crippen LogP contribution in [0, 0.1) is 0 Å². The molecule has 0 aliphatic rings. The van der Waals surface area contributed by atoms with Gasteiger partial charge in [-0.3, -0.25) is 0 Å². The van der Waals surface area contributed by atoms with E-state index in [0.29, 0.717) is 35.1 Å². The number of thiocarbonyl (C=S) groups is 2. The Morgan fingerprint density at radius 1 is 0.688 bits per heavy atom. The van der Waals surface area contributed by atoms with Crippen LogP contribution in [0.15, 0.2) is 48.5 Å². The monoisotopic (exact) mass is 512 g/mol. The molecule has 0 unspecified atom stereocenters. The molecule has 0 amide bonds. The lowest BCUT2D eigenvalue weighted by molar-refractivity contribution is 0.146. The summed E-state index contributed by atoms with van der Waals surface area (Å²) in [7, 11) is 3.29. The van der Waals surface area contributed by atoms with E-state index in [9.17, 15) is 0 Å². The lowest BCUT2D eigenvalue weighted by atomic mass is 10.3. The number of anilines is 2. The van der Waals surface area contributed by atoms with Crippen LogP contribution in [0.25, 0.3) is 0 Å². The second-order valence-electron chi connectivity index (χ2n) is 6.20. The summed E-state index contributed by atoms with van der Waals surface area (Å²) in [6.07, 6.45) is 0. The van der Waals surface area contributed by atoms with Gasteiger partial charge in [0.15, 0.2) is 0 Å². The Labute approximate surface area is 209 Å². The number of hydrogen-bond donors (Lipinski definition) is 2. The van der Waals surface area contributed by atoms with E-state index in [-0.39, 0.29) is 0 Å². The summed E-state index contributed by atoms with van der Waals surface area (Å²) in [4.78, 5) is 0. The fourth-order valence-corrected chi connectivity index (χ4v) is 4.54. The molecule has 0 aromatic heterocycles. The van der Waals surface area contributed by atoms with Crippen LogP contribution in [0.1, 0.15) is 0 Å². The molecule has 6 nitrogen and oxygen atoms in total. The molecule has 2 N–H and O–H groups in total. The van der Waals surface area contributed by atoms with E-state index in [1.807, 2.05) is 48.5 Å². The van der Waals surface area contributed by atoms with E-state index in [2.05, 4.69) is 10.6 Å². The van der Waals surface area contributed by atoms with Gasteiger partial charge in [0.2, 0.25) is 0 Å². The van der Waals surface area contributed by atoms with Gasteiger partial charge in [-0.15, -0.1) is 0 Å². The number of benzene rings is 2. The van der Waals surface area contributed by atoms with Gasteiger partial charge in [0.05, 0.1) is 24.6 Å². The zero-order valence-corrected chi connectivity index (χ0v) is 21.4. The Hall–Kier alpha value is -1.56. The number of thioether (sulfide) groups is 2. The Kier molecular flexibility index (Phi) is 13.4. The zero-order valence-electron chi connectivity index (χ0n) is 18.1. The first kappa shape index (κ1) is 26.7. The van der Waals surface area contributed by atoms with Crippen LogP contribution >= 0.6 is 48.0 Å². The lowest BCUT2D eigenvalue weighted by Gasteiger charge is -2.14. The Bertz CT molecular complexity index is 785. The Balaban J connectivity index is 1.72. The van der Waals surface area contributed by atoms with Crippen LogP contribution in [0.4, 0.5) is 11.4 Å². The molecule has 174 valence electrons. The molecule has 0 spiro atoms. The highest BCUT2D eigenvalue weighted by atomic mass is 32.2. The van der Waals surface area contributed by atoms with Crippen molar-refractivity contribution >= 4 is 68.0 Å². The Morgan fingerprint density at radius 3 is 1.50 bits per heavy atom. The molecule has 32 heavy (non-hydrogen) atoms. The number of ether oxygens (including phenoxy) is 4. The molecule has 0 bridgehead atoms. The number of nitrogens with one attached hydrogen (secondary N) is 2. The highest BCUT2D eigenvalue weighted by Crippen LogP contribution is 2.27. The van der Waals surface area contributed by atoms with Crippen LogP contribution in [-0.2, 0) is 9.47 Å². The fraction of sp³-hybridized carbons (Fsp3) is 0.364. The third-order valence-electron chi connectivity index (χ3n) is 3.89. The number of methoxy groups -OCH3 is 2. The predicted octanol–water partition coefficient (Wildman–Crippen LogP) is 5.30. The van der Waals surface area contributed by atoms with Crippen molar-refractivity contribution in [3.63, 3.8) is 0 Å². The molecular formula is C22H28N2O4S4. The van der Waals surface area contributed by atoms with Crippen LogP contribution < -0.4 is 20.1 Å². The molecule has 0 aliphatic carbocycles. The molecule has 0 radical (unpaired) electrons. The van der Waals surface area contributed by atoms with E-state index < -0.39 is 0 Å².